The lowest BCUT2D eigenvalue weighted by atomic mass is 10.1. The highest BCUT2D eigenvalue weighted by Gasteiger charge is 2.28. The topological polar surface area (TPSA) is 33.6 Å². The Bertz CT molecular complexity index is 234. The zero-order valence-corrected chi connectivity index (χ0v) is 9.69. The second-order valence-electron chi connectivity index (χ2n) is 4.58. The minimum Gasteiger partial charge on any atom is -0.381 e. The van der Waals surface area contributed by atoms with Gasteiger partial charge in [0, 0.05) is 24.5 Å². The molecule has 2 rings (SSSR count). The Balaban J connectivity index is 1.91. The Hall–Kier alpha value is -0.220. The molecule has 4 heteroatoms. The van der Waals surface area contributed by atoms with Crippen LogP contribution in [0.25, 0.3) is 0 Å². The van der Waals surface area contributed by atoms with Gasteiger partial charge >= 0.3 is 0 Å². The van der Waals surface area contributed by atoms with Crippen LogP contribution in [0, 0.1) is 0 Å². The number of thioether (sulfide) groups is 1. The van der Waals surface area contributed by atoms with E-state index in [-0.39, 0.29) is 5.54 Å². The maximum absolute atomic E-state index is 5.31. The number of rotatable bonds is 1. The molecule has 0 aromatic heterocycles. The number of nitrogens with zero attached hydrogens (tertiary/aromatic N) is 1. The molecule has 0 spiro atoms. The Kier molecular flexibility index (Phi) is 3.02. The lowest BCUT2D eigenvalue weighted by Crippen LogP contribution is -2.37. The Labute approximate surface area is 89.7 Å². The fourth-order valence-electron chi connectivity index (χ4n) is 1.66. The fraction of sp³-hybridized carbons (Fsp3) is 0.900. The minimum absolute atomic E-state index is 0.217. The van der Waals surface area contributed by atoms with Crippen molar-refractivity contribution < 1.29 is 4.74 Å². The lowest BCUT2D eigenvalue weighted by molar-refractivity contribution is 0.0871. The molecule has 0 aliphatic carbocycles. The molecule has 0 bridgehead atoms. The van der Waals surface area contributed by atoms with Gasteiger partial charge in [0.2, 0.25) is 0 Å². The Morgan fingerprint density at radius 3 is 2.71 bits per heavy atom. The molecule has 2 fully saturated rings. The van der Waals surface area contributed by atoms with Crippen molar-refractivity contribution >= 4 is 16.9 Å². The van der Waals surface area contributed by atoms with Gasteiger partial charge in [-0.15, -0.1) is 0 Å². The lowest BCUT2D eigenvalue weighted by Gasteiger charge is -2.20. The maximum Gasteiger partial charge on any atom is 0.157 e. The van der Waals surface area contributed by atoms with Crippen LogP contribution in [0.3, 0.4) is 0 Å². The van der Waals surface area contributed by atoms with Crippen LogP contribution in [0.2, 0.25) is 0 Å². The zero-order chi connectivity index (χ0) is 10.0. The standard InChI is InChI=1S/C10H18N2OS/c1-10(2)7-14-9(12-10)11-8-3-5-13-6-4-8/h8H,3-7H2,1-2H3,(H,11,12). The smallest absolute Gasteiger partial charge is 0.157 e. The third kappa shape index (κ3) is 2.64. The summed E-state index contributed by atoms with van der Waals surface area (Å²) >= 11 is 1.84. The molecule has 0 aromatic rings. The normalized spacial score (nSPS) is 30.6. The summed E-state index contributed by atoms with van der Waals surface area (Å²) in [5.41, 5.74) is 0.217. The predicted octanol–water partition coefficient (Wildman–Crippen LogP) is 1.64. The molecular weight excluding hydrogens is 196 g/mol. The molecular formula is C10H18N2OS. The van der Waals surface area contributed by atoms with Crippen molar-refractivity contribution in [1.82, 2.24) is 5.32 Å². The van der Waals surface area contributed by atoms with Crippen molar-refractivity contribution in [2.24, 2.45) is 4.99 Å². The third-order valence-electron chi connectivity index (χ3n) is 2.51. The number of aliphatic imine (C=N–C) groups is 1. The van der Waals surface area contributed by atoms with Crippen molar-refractivity contribution in [2.75, 3.05) is 19.0 Å². The van der Waals surface area contributed by atoms with Crippen LogP contribution in [-0.2, 0) is 4.74 Å². The van der Waals surface area contributed by atoms with Gasteiger partial charge in [0.1, 0.15) is 0 Å². The monoisotopic (exact) mass is 214 g/mol. The van der Waals surface area contributed by atoms with E-state index in [9.17, 15) is 0 Å². The molecule has 0 aromatic carbocycles. The highest BCUT2D eigenvalue weighted by atomic mass is 32.2. The first-order valence-electron chi connectivity index (χ1n) is 5.22. The van der Waals surface area contributed by atoms with E-state index >= 15 is 0 Å². The van der Waals surface area contributed by atoms with E-state index in [1.807, 2.05) is 11.8 Å². The molecule has 0 unspecified atom stereocenters. The van der Waals surface area contributed by atoms with Crippen LogP contribution in [-0.4, -0.2) is 35.7 Å². The van der Waals surface area contributed by atoms with E-state index in [2.05, 4.69) is 19.2 Å². The quantitative estimate of drug-likeness (QED) is 0.720. The van der Waals surface area contributed by atoms with Crippen molar-refractivity contribution in [1.29, 1.82) is 0 Å². The van der Waals surface area contributed by atoms with Gasteiger partial charge < -0.3 is 10.1 Å². The highest BCUT2D eigenvalue weighted by molar-refractivity contribution is 8.14. The zero-order valence-electron chi connectivity index (χ0n) is 8.88. The molecule has 2 heterocycles. The molecule has 0 amide bonds. The number of ether oxygens (including phenoxy) is 1. The molecule has 1 N–H and O–H groups in total. The van der Waals surface area contributed by atoms with Crippen molar-refractivity contribution in [3.05, 3.63) is 0 Å². The van der Waals surface area contributed by atoms with E-state index in [0.717, 1.165) is 37.0 Å². The van der Waals surface area contributed by atoms with E-state index in [1.54, 1.807) is 0 Å². The van der Waals surface area contributed by atoms with Crippen molar-refractivity contribution in [3.8, 4) is 0 Å². The van der Waals surface area contributed by atoms with Crippen LogP contribution in [0.5, 0.6) is 0 Å². The van der Waals surface area contributed by atoms with Gasteiger partial charge in [-0.25, -0.2) is 0 Å². The Morgan fingerprint density at radius 2 is 2.14 bits per heavy atom. The van der Waals surface area contributed by atoms with Crippen LogP contribution in [0.15, 0.2) is 4.99 Å². The minimum atomic E-state index is 0.217. The van der Waals surface area contributed by atoms with Gasteiger partial charge in [-0.2, -0.15) is 0 Å². The largest absolute Gasteiger partial charge is 0.381 e. The molecule has 80 valence electrons. The summed E-state index contributed by atoms with van der Waals surface area (Å²) < 4.78 is 5.31. The van der Waals surface area contributed by atoms with Gasteiger partial charge in [-0.3, -0.25) is 4.99 Å². The second kappa shape index (κ2) is 4.11. The van der Waals surface area contributed by atoms with Crippen LogP contribution >= 0.6 is 11.8 Å². The number of amidine groups is 1. The summed E-state index contributed by atoms with van der Waals surface area (Å²) in [7, 11) is 0. The van der Waals surface area contributed by atoms with Gasteiger partial charge in [-0.05, 0) is 26.7 Å². The molecule has 2 aliphatic heterocycles. The van der Waals surface area contributed by atoms with Gasteiger partial charge in [0.05, 0.1) is 6.04 Å². The van der Waals surface area contributed by atoms with Crippen LogP contribution < -0.4 is 5.32 Å². The number of hydrogen-bond acceptors (Lipinski definition) is 3. The SMILES string of the molecule is CC1(C)CSC(=NC2CCOCC2)N1. The molecule has 0 saturated carbocycles. The highest BCUT2D eigenvalue weighted by Crippen LogP contribution is 2.23. The summed E-state index contributed by atoms with van der Waals surface area (Å²) in [5.74, 6) is 1.12. The molecule has 14 heavy (non-hydrogen) atoms. The first-order valence-corrected chi connectivity index (χ1v) is 6.21. The predicted molar refractivity (Wildman–Crippen MR) is 60.9 cm³/mol. The summed E-state index contributed by atoms with van der Waals surface area (Å²) in [4.78, 5) is 4.72. The molecule has 3 nitrogen and oxygen atoms in total. The van der Waals surface area contributed by atoms with Crippen molar-refractivity contribution in [2.45, 2.75) is 38.3 Å². The van der Waals surface area contributed by atoms with E-state index in [0.29, 0.717) is 6.04 Å². The molecule has 2 saturated heterocycles. The molecule has 0 radical (unpaired) electrons. The molecule has 0 atom stereocenters. The second-order valence-corrected chi connectivity index (χ2v) is 5.54. The summed E-state index contributed by atoms with van der Waals surface area (Å²) in [5, 5.41) is 4.58. The Morgan fingerprint density at radius 1 is 1.43 bits per heavy atom. The average Bonchev–Trinajstić information content (AvgIpc) is 2.47. The van der Waals surface area contributed by atoms with E-state index < -0.39 is 0 Å². The summed E-state index contributed by atoms with van der Waals surface area (Å²) in [6.45, 7) is 6.17. The van der Waals surface area contributed by atoms with Crippen LogP contribution in [0.4, 0.5) is 0 Å². The van der Waals surface area contributed by atoms with Crippen LogP contribution in [0.1, 0.15) is 26.7 Å². The first kappa shape index (κ1) is 10.3. The molecule has 2 aliphatic rings. The number of nitrogens with one attached hydrogen (secondary N) is 1. The number of hydrogen-bond donors (Lipinski definition) is 1. The summed E-state index contributed by atoms with van der Waals surface area (Å²) in [6, 6.07) is 0.479. The first-order chi connectivity index (χ1) is 6.66. The van der Waals surface area contributed by atoms with Gasteiger partial charge in [-0.1, -0.05) is 11.8 Å². The van der Waals surface area contributed by atoms with Gasteiger partial charge in [0.25, 0.3) is 0 Å². The average molecular weight is 214 g/mol. The van der Waals surface area contributed by atoms with Crippen molar-refractivity contribution in [3.63, 3.8) is 0 Å². The van der Waals surface area contributed by atoms with Gasteiger partial charge in [0.15, 0.2) is 5.17 Å². The van der Waals surface area contributed by atoms with E-state index in [1.165, 1.54) is 0 Å². The fourth-order valence-corrected chi connectivity index (χ4v) is 2.80. The van der Waals surface area contributed by atoms with E-state index in [4.69, 9.17) is 9.73 Å². The maximum atomic E-state index is 5.31. The summed E-state index contributed by atoms with van der Waals surface area (Å²) in [6.07, 6.45) is 2.15. The third-order valence-corrected chi connectivity index (χ3v) is 3.85.